The van der Waals surface area contributed by atoms with E-state index in [2.05, 4.69) is 29.4 Å². The number of aliphatic hydroxyl groups excluding tert-OH is 1. The predicted octanol–water partition coefficient (Wildman–Crippen LogP) is 3.76. The van der Waals surface area contributed by atoms with Gasteiger partial charge in [-0.1, -0.05) is 36.4 Å². The third-order valence-corrected chi connectivity index (χ3v) is 4.72. The summed E-state index contributed by atoms with van der Waals surface area (Å²) in [6.45, 7) is 2.45. The van der Waals surface area contributed by atoms with Gasteiger partial charge in [0, 0.05) is 17.8 Å². The predicted molar refractivity (Wildman–Crippen MR) is 109 cm³/mol. The van der Waals surface area contributed by atoms with Crippen LogP contribution in [0.2, 0.25) is 0 Å². The lowest BCUT2D eigenvalue weighted by Crippen LogP contribution is -2.22. The number of imidazole rings is 1. The van der Waals surface area contributed by atoms with Crippen molar-refractivity contribution in [1.82, 2.24) is 14.9 Å². The normalized spacial score (nSPS) is 10.9. The van der Waals surface area contributed by atoms with Gasteiger partial charge in [-0.05, 0) is 53.9 Å². The van der Waals surface area contributed by atoms with Crippen molar-refractivity contribution in [2.75, 3.05) is 0 Å². The number of hydrogen-bond donors (Lipinski definition) is 2. The van der Waals surface area contributed by atoms with Gasteiger partial charge in [0.2, 0.25) is 0 Å². The van der Waals surface area contributed by atoms with E-state index in [9.17, 15) is 9.90 Å². The lowest BCUT2D eigenvalue weighted by Gasteiger charge is -2.08. The molecule has 28 heavy (non-hydrogen) atoms. The fraction of sp³-hybridized carbons (Fsp3) is 0.130. The van der Waals surface area contributed by atoms with E-state index in [1.165, 1.54) is 5.56 Å². The molecule has 5 nitrogen and oxygen atoms in total. The number of nitrogens with one attached hydrogen (secondary N) is 1. The molecule has 1 amide bonds. The van der Waals surface area contributed by atoms with Crippen molar-refractivity contribution in [2.45, 2.75) is 20.1 Å². The van der Waals surface area contributed by atoms with Gasteiger partial charge in [-0.15, -0.1) is 0 Å². The van der Waals surface area contributed by atoms with E-state index in [0.717, 1.165) is 27.8 Å². The zero-order valence-corrected chi connectivity index (χ0v) is 15.6. The summed E-state index contributed by atoms with van der Waals surface area (Å²) in [6, 6.07) is 21.3. The minimum Gasteiger partial charge on any atom is -0.392 e. The molecule has 0 saturated carbocycles. The van der Waals surface area contributed by atoms with E-state index >= 15 is 0 Å². The van der Waals surface area contributed by atoms with Crippen LogP contribution in [0.5, 0.6) is 0 Å². The molecule has 0 fully saturated rings. The third-order valence-electron chi connectivity index (χ3n) is 4.72. The Kier molecular flexibility index (Phi) is 4.91. The molecule has 3 aromatic carbocycles. The fourth-order valence-electron chi connectivity index (χ4n) is 3.26. The number of hydrogen-bond acceptors (Lipinski definition) is 3. The molecule has 4 aromatic rings. The van der Waals surface area contributed by atoms with Gasteiger partial charge < -0.3 is 10.4 Å². The molecular weight excluding hydrogens is 350 g/mol. The van der Waals surface area contributed by atoms with Crippen molar-refractivity contribution in [3.05, 3.63) is 95.3 Å². The van der Waals surface area contributed by atoms with Crippen LogP contribution >= 0.6 is 0 Å². The lowest BCUT2D eigenvalue weighted by molar-refractivity contribution is 0.0951. The zero-order valence-electron chi connectivity index (χ0n) is 15.6. The van der Waals surface area contributed by atoms with Crippen LogP contribution < -0.4 is 5.32 Å². The first kappa shape index (κ1) is 17.9. The van der Waals surface area contributed by atoms with Crippen LogP contribution in [0.1, 0.15) is 27.0 Å². The standard InChI is InChI=1S/C23H21N3O2/c1-16-4-2-7-20(10-16)26-15-25-21-12-19(8-9-22(21)26)23(28)24-13-17-5-3-6-18(11-17)14-27/h2-12,15,27H,13-14H2,1H3,(H,24,28). The Morgan fingerprint density at radius 3 is 2.68 bits per heavy atom. The molecule has 0 saturated heterocycles. The Labute approximate surface area is 163 Å². The quantitative estimate of drug-likeness (QED) is 0.561. The first-order valence-corrected chi connectivity index (χ1v) is 9.15. The number of amides is 1. The maximum absolute atomic E-state index is 12.5. The Bertz CT molecular complexity index is 1150. The monoisotopic (exact) mass is 371 g/mol. The van der Waals surface area contributed by atoms with Gasteiger partial charge in [0.15, 0.2) is 0 Å². The Morgan fingerprint density at radius 2 is 1.86 bits per heavy atom. The van der Waals surface area contributed by atoms with E-state index in [0.29, 0.717) is 12.1 Å². The van der Waals surface area contributed by atoms with E-state index in [1.54, 1.807) is 12.4 Å². The number of carbonyl (C=O) groups excluding carboxylic acids is 1. The SMILES string of the molecule is Cc1cccc(-n2cnc3cc(C(=O)NCc4cccc(CO)c4)ccc32)c1. The summed E-state index contributed by atoms with van der Waals surface area (Å²) < 4.78 is 2.02. The van der Waals surface area contributed by atoms with Crippen LogP contribution in [0.15, 0.2) is 73.1 Å². The second-order valence-corrected chi connectivity index (χ2v) is 6.82. The number of fused-ring (bicyclic) bond motifs is 1. The van der Waals surface area contributed by atoms with Gasteiger partial charge >= 0.3 is 0 Å². The highest BCUT2D eigenvalue weighted by Crippen LogP contribution is 2.20. The Hall–Kier alpha value is -3.44. The van der Waals surface area contributed by atoms with Crippen LogP contribution in [0.25, 0.3) is 16.7 Å². The Morgan fingerprint density at radius 1 is 1.04 bits per heavy atom. The summed E-state index contributed by atoms with van der Waals surface area (Å²) in [5, 5.41) is 12.1. The van der Waals surface area contributed by atoms with Crippen LogP contribution in [-0.4, -0.2) is 20.6 Å². The molecule has 0 aliphatic carbocycles. The van der Waals surface area contributed by atoms with E-state index in [-0.39, 0.29) is 12.5 Å². The number of carbonyl (C=O) groups is 1. The van der Waals surface area contributed by atoms with Gasteiger partial charge in [0.25, 0.3) is 5.91 Å². The fourth-order valence-corrected chi connectivity index (χ4v) is 3.26. The molecule has 5 heteroatoms. The highest BCUT2D eigenvalue weighted by molar-refractivity contribution is 5.97. The van der Waals surface area contributed by atoms with Crippen molar-refractivity contribution in [3.63, 3.8) is 0 Å². The minimum absolute atomic E-state index is 0.0119. The smallest absolute Gasteiger partial charge is 0.251 e. The van der Waals surface area contributed by atoms with Crippen LogP contribution in [0, 0.1) is 6.92 Å². The summed E-state index contributed by atoms with van der Waals surface area (Å²) in [4.78, 5) is 17.0. The highest BCUT2D eigenvalue weighted by atomic mass is 16.3. The summed E-state index contributed by atoms with van der Waals surface area (Å²) >= 11 is 0. The van der Waals surface area contributed by atoms with E-state index < -0.39 is 0 Å². The second kappa shape index (κ2) is 7.66. The molecule has 0 atom stereocenters. The van der Waals surface area contributed by atoms with E-state index in [4.69, 9.17) is 0 Å². The van der Waals surface area contributed by atoms with Gasteiger partial charge in [-0.25, -0.2) is 4.98 Å². The lowest BCUT2D eigenvalue weighted by atomic mass is 10.1. The third kappa shape index (κ3) is 3.66. The van der Waals surface area contributed by atoms with Gasteiger partial charge in [-0.3, -0.25) is 9.36 Å². The second-order valence-electron chi connectivity index (χ2n) is 6.82. The maximum Gasteiger partial charge on any atom is 0.251 e. The first-order valence-electron chi connectivity index (χ1n) is 9.15. The molecule has 0 aliphatic heterocycles. The van der Waals surface area contributed by atoms with Crippen molar-refractivity contribution >= 4 is 16.9 Å². The average molecular weight is 371 g/mol. The van der Waals surface area contributed by atoms with Gasteiger partial charge in [0.05, 0.1) is 17.6 Å². The molecule has 140 valence electrons. The van der Waals surface area contributed by atoms with Crippen LogP contribution in [0.3, 0.4) is 0 Å². The van der Waals surface area contributed by atoms with Crippen molar-refractivity contribution in [3.8, 4) is 5.69 Å². The first-order chi connectivity index (χ1) is 13.6. The molecule has 2 N–H and O–H groups in total. The molecular formula is C23H21N3O2. The zero-order chi connectivity index (χ0) is 19.5. The topological polar surface area (TPSA) is 67.2 Å². The largest absolute Gasteiger partial charge is 0.392 e. The van der Waals surface area contributed by atoms with Crippen LogP contribution in [0.4, 0.5) is 0 Å². The average Bonchev–Trinajstić information content (AvgIpc) is 3.15. The van der Waals surface area contributed by atoms with Crippen molar-refractivity contribution in [1.29, 1.82) is 0 Å². The molecule has 0 bridgehead atoms. The maximum atomic E-state index is 12.5. The summed E-state index contributed by atoms with van der Waals surface area (Å²) in [6.07, 6.45) is 1.78. The molecule has 0 unspecified atom stereocenters. The number of aryl methyl sites for hydroxylation is 1. The van der Waals surface area contributed by atoms with Gasteiger partial charge in [-0.2, -0.15) is 0 Å². The number of aromatic nitrogens is 2. The molecule has 4 rings (SSSR count). The van der Waals surface area contributed by atoms with Crippen molar-refractivity contribution < 1.29 is 9.90 Å². The van der Waals surface area contributed by atoms with Crippen LogP contribution in [-0.2, 0) is 13.2 Å². The summed E-state index contributed by atoms with van der Waals surface area (Å²) in [5.41, 5.74) is 6.30. The minimum atomic E-state index is -0.151. The van der Waals surface area contributed by atoms with Gasteiger partial charge in [0.1, 0.15) is 6.33 Å². The van der Waals surface area contributed by atoms with Crippen molar-refractivity contribution in [2.24, 2.45) is 0 Å². The molecule has 0 radical (unpaired) electrons. The molecule has 0 spiro atoms. The molecule has 1 heterocycles. The highest BCUT2D eigenvalue weighted by Gasteiger charge is 2.10. The number of aliphatic hydroxyl groups is 1. The molecule has 1 aromatic heterocycles. The number of benzene rings is 3. The van der Waals surface area contributed by atoms with E-state index in [1.807, 2.05) is 53.1 Å². The summed E-state index contributed by atoms with van der Waals surface area (Å²) in [7, 11) is 0. The summed E-state index contributed by atoms with van der Waals surface area (Å²) in [5.74, 6) is -0.151. The number of rotatable bonds is 5. The molecule has 0 aliphatic rings. The Balaban J connectivity index is 1.54. The number of nitrogens with zero attached hydrogens (tertiary/aromatic N) is 2.